The van der Waals surface area contributed by atoms with Gasteiger partial charge < -0.3 is 15.4 Å². The number of carbonyl (C=O) groups excluding carboxylic acids is 1. The third-order valence-corrected chi connectivity index (χ3v) is 4.22. The maximum atomic E-state index is 12.0. The second-order valence-electron chi connectivity index (χ2n) is 6.10. The molecule has 2 aliphatic rings. The molecule has 2 atom stereocenters. The van der Waals surface area contributed by atoms with Crippen molar-refractivity contribution < 1.29 is 9.53 Å². The zero-order valence-electron chi connectivity index (χ0n) is 12.5. The zero-order chi connectivity index (χ0) is 14.7. The van der Waals surface area contributed by atoms with Gasteiger partial charge in [-0.25, -0.2) is 4.79 Å². The molecule has 1 aromatic heterocycles. The van der Waals surface area contributed by atoms with E-state index in [2.05, 4.69) is 15.6 Å². The van der Waals surface area contributed by atoms with Crippen LogP contribution in [0.25, 0.3) is 0 Å². The molecular weight excluding hydrogens is 266 g/mol. The first kappa shape index (κ1) is 14.3. The van der Waals surface area contributed by atoms with E-state index in [-0.39, 0.29) is 12.1 Å². The number of aromatic nitrogens is 1. The van der Waals surface area contributed by atoms with Crippen molar-refractivity contribution >= 4 is 6.03 Å². The molecule has 5 nitrogen and oxygen atoms in total. The number of hydrogen-bond donors (Lipinski definition) is 2. The Kier molecular flexibility index (Phi) is 4.39. The lowest BCUT2D eigenvalue weighted by atomic mass is 10.0. The van der Waals surface area contributed by atoms with E-state index >= 15 is 0 Å². The van der Waals surface area contributed by atoms with Crippen molar-refractivity contribution in [1.29, 1.82) is 0 Å². The van der Waals surface area contributed by atoms with Crippen molar-refractivity contribution in [3.63, 3.8) is 0 Å². The smallest absolute Gasteiger partial charge is 0.315 e. The maximum absolute atomic E-state index is 12.0. The molecule has 2 N–H and O–H groups in total. The van der Waals surface area contributed by atoms with Crippen LogP contribution in [0.2, 0.25) is 0 Å². The number of aryl methyl sites for hydroxylation is 1. The summed E-state index contributed by atoms with van der Waals surface area (Å²) in [6.45, 7) is 3.22. The van der Waals surface area contributed by atoms with E-state index in [4.69, 9.17) is 4.74 Å². The number of carbonyl (C=O) groups is 1. The summed E-state index contributed by atoms with van der Waals surface area (Å²) in [6, 6.07) is 4.07. The second-order valence-corrected chi connectivity index (χ2v) is 6.10. The van der Waals surface area contributed by atoms with E-state index in [0.29, 0.717) is 12.6 Å². The van der Waals surface area contributed by atoms with Crippen molar-refractivity contribution in [2.45, 2.75) is 51.3 Å². The molecule has 114 valence electrons. The average molecular weight is 289 g/mol. The summed E-state index contributed by atoms with van der Waals surface area (Å²) < 4.78 is 5.77. The highest BCUT2D eigenvalue weighted by atomic mass is 16.5. The number of ether oxygens (including phenoxy) is 1. The van der Waals surface area contributed by atoms with Crippen molar-refractivity contribution in [3.05, 3.63) is 29.6 Å². The van der Waals surface area contributed by atoms with Crippen LogP contribution in [-0.4, -0.2) is 29.8 Å². The minimum absolute atomic E-state index is 0.1000. The van der Waals surface area contributed by atoms with E-state index in [0.717, 1.165) is 36.6 Å². The summed E-state index contributed by atoms with van der Waals surface area (Å²) in [6.07, 6.45) is 6.57. The average Bonchev–Trinajstić information content (AvgIpc) is 3.32. The van der Waals surface area contributed by atoms with Crippen LogP contribution in [0.3, 0.4) is 0 Å². The third-order valence-electron chi connectivity index (χ3n) is 4.22. The van der Waals surface area contributed by atoms with Crippen molar-refractivity contribution in [1.82, 2.24) is 15.6 Å². The molecule has 2 heterocycles. The molecule has 21 heavy (non-hydrogen) atoms. The Bertz CT molecular complexity index is 485. The van der Waals surface area contributed by atoms with Crippen LogP contribution >= 0.6 is 0 Å². The van der Waals surface area contributed by atoms with Gasteiger partial charge in [-0.15, -0.1) is 0 Å². The maximum Gasteiger partial charge on any atom is 0.315 e. The molecule has 0 radical (unpaired) electrons. The number of pyridine rings is 1. The van der Waals surface area contributed by atoms with Gasteiger partial charge in [0.1, 0.15) is 0 Å². The van der Waals surface area contributed by atoms with Gasteiger partial charge in [-0.05, 0) is 50.2 Å². The Hall–Kier alpha value is -1.62. The van der Waals surface area contributed by atoms with Gasteiger partial charge in [-0.3, -0.25) is 4.98 Å². The minimum atomic E-state index is -0.1000. The minimum Gasteiger partial charge on any atom is -0.378 e. The summed E-state index contributed by atoms with van der Waals surface area (Å²) in [5, 5.41) is 5.96. The highest BCUT2D eigenvalue weighted by Gasteiger charge is 2.36. The number of hydrogen-bond acceptors (Lipinski definition) is 3. The molecule has 0 spiro atoms. The molecule has 0 aromatic carbocycles. The third kappa shape index (κ3) is 4.17. The van der Waals surface area contributed by atoms with Crippen molar-refractivity contribution in [2.24, 2.45) is 5.92 Å². The number of urea groups is 1. The lowest BCUT2D eigenvalue weighted by Crippen LogP contribution is -2.46. The predicted molar refractivity (Wildman–Crippen MR) is 79.8 cm³/mol. The van der Waals surface area contributed by atoms with E-state index in [1.165, 1.54) is 12.8 Å². The van der Waals surface area contributed by atoms with Crippen molar-refractivity contribution in [3.8, 4) is 0 Å². The molecule has 1 saturated heterocycles. The van der Waals surface area contributed by atoms with Gasteiger partial charge in [-0.1, -0.05) is 6.07 Å². The lowest BCUT2D eigenvalue weighted by Gasteiger charge is -2.30. The molecule has 2 fully saturated rings. The van der Waals surface area contributed by atoms with Gasteiger partial charge >= 0.3 is 6.03 Å². The molecule has 1 aromatic rings. The summed E-state index contributed by atoms with van der Waals surface area (Å²) in [5.74, 6) is 0.733. The molecule has 5 heteroatoms. The lowest BCUT2D eigenvalue weighted by molar-refractivity contribution is -0.00914. The van der Waals surface area contributed by atoms with E-state index in [1.807, 2.05) is 19.1 Å². The SMILES string of the molecule is Cc1ccc(CNC(=O)N[C@@H]2CCO[C@@H](C3CC3)C2)cn1. The first-order valence-electron chi connectivity index (χ1n) is 7.78. The van der Waals surface area contributed by atoms with Crippen LogP contribution in [0.5, 0.6) is 0 Å². The predicted octanol–water partition coefficient (Wildman–Crippen LogP) is 2.15. The largest absolute Gasteiger partial charge is 0.378 e. The van der Waals surface area contributed by atoms with Gasteiger partial charge in [0.05, 0.1) is 6.10 Å². The summed E-state index contributed by atoms with van der Waals surface area (Å²) in [4.78, 5) is 16.2. The number of amides is 2. The first-order valence-corrected chi connectivity index (χ1v) is 7.78. The molecular formula is C16H23N3O2. The molecule has 0 bridgehead atoms. The quantitative estimate of drug-likeness (QED) is 0.892. The Balaban J connectivity index is 1.42. The Morgan fingerprint density at radius 1 is 1.38 bits per heavy atom. The fourth-order valence-corrected chi connectivity index (χ4v) is 2.78. The summed E-state index contributed by atoms with van der Waals surface area (Å²) >= 11 is 0. The van der Waals surface area contributed by atoms with E-state index in [1.54, 1.807) is 6.20 Å². The Morgan fingerprint density at radius 2 is 2.24 bits per heavy atom. The first-order chi connectivity index (χ1) is 10.2. The van der Waals surface area contributed by atoms with Gasteiger partial charge in [0.2, 0.25) is 0 Å². The van der Waals surface area contributed by atoms with Crippen LogP contribution in [0, 0.1) is 12.8 Å². The molecule has 0 unspecified atom stereocenters. The highest BCUT2D eigenvalue weighted by Crippen LogP contribution is 2.38. The van der Waals surface area contributed by atoms with Crippen LogP contribution in [0.4, 0.5) is 4.79 Å². The Labute approximate surface area is 125 Å². The monoisotopic (exact) mass is 289 g/mol. The van der Waals surface area contributed by atoms with Gasteiger partial charge in [-0.2, -0.15) is 0 Å². The van der Waals surface area contributed by atoms with Crippen LogP contribution in [0.1, 0.15) is 36.9 Å². The molecule has 1 aliphatic carbocycles. The van der Waals surface area contributed by atoms with E-state index < -0.39 is 0 Å². The Morgan fingerprint density at radius 3 is 2.95 bits per heavy atom. The summed E-state index contributed by atoms with van der Waals surface area (Å²) in [7, 11) is 0. The summed E-state index contributed by atoms with van der Waals surface area (Å²) in [5.41, 5.74) is 2.00. The molecule has 3 rings (SSSR count). The standard InChI is InChI=1S/C16H23N3O2/c1-11-2-3-12(9-17-11)10-18-16(20)19-14-6-7-21-15(8-14)13-4-5-13/h2-3,9,13-15H,4-8,10H2,1H3,(H2,18,19,20)/t14-,15-/m1/s1. The van der Waals surface area contributed by atoms with Crippen molar-refractivity contribution in [2.75, 3.05) is 6.61 Å². The topological polar surface area (TPSA) is 63.2 Å². The van der Waals surface area contributed by atoms with Crippen LogP contribution < -0.4 is 10.6 Å². The van der Waals surface area contributed by atoms with Gasteiger partial charge in [0, 0.05) is 31.1 Å². The fraction of sp³-hybridized carbons (Fsp3) is 0.625. The zero-order valence-corrected chi connectivity index (χ0v) is 12.5. The van der Waals surface area contributed by atoms with Crippen LogP contribution in [-0.2, 0) is 11.3 Å². The number of nitrogens with one attached hydrogen (secondary N) is 2. The highest BCUT2D eigenvalue weighted by molar-refractivity contribution is 5.74. The fourth-order valence-electron chi connectivity index (χ4n) is 2.78. The molecule has 1 aliphatic heterocycles. The number of rotatable bonds is 4. The second kappa shape index (κ2) is 6.43. The molecule has 1 saturated carbocycles. The number of nitrogens with zero attached hydrogens (tertiary/aromatic N) is 1. The van der Waals surface area contributed by atoms with Gasteiger partial charge in [0.15, 0.2) is 0 Å². The normalized spacial score (nSPS) is 25.4. The van der Waals surface area contributed by atoms with Gasteiger partial charge in [0.25, 0.3) is 0 Å². The van der Waals surface area contributed by atoms with E-state index in [9.17, 15) is 4.79 Å². The molecule has 2 amide bonds. The van der Waals surface area contributed by atoms with Crippen LogP contribution in [0.15, 0.2) is 18.3 Å².